The average molecular weight is 264 g/mol. The zero-order valence-electron chi connectivity index (χ0n) is 13.0. The van der Waals surface area contributed by atoms with E-state index in [1.807, 2.05) is 19.1 Å². The van der Waals surface area contributed by atoms with Crippen molar-refractivity contribution < 1.29 is 4.74 Å². The molecule has 3 heteroatoms. The number of rotatable bonds is 8. The fourth-order valence-corrected chi connectivity index (χ4v) is 1.99. The first-order valence-corrected chi connectivity index (χ1v) is 7.36. The van der Waals surface area contributed by atoms with E-state index in [0.29, 0.717) is 5.92 Å². The number of hydrogen-bond acceptors (Lipinski definition) is 3. The summed E-state index contributed by atoms with van der Waals surface area (Å²) in [6, 6.07) is 4.06. The fourth-order valence-electron chi connectivity index (χ4n) is 1.99. The Balaban J connectivity index is 2.68. The zero-order valence-corrected chi connectivity index (χ0v) is 13.0. The SMILES string of the molecule is CCCC(C)Oc1ccc(C)nc1CNCC(C)C. The monoisotopic (exact) mass is 264 g/mol. The molecule has 19 heavy (non-hydrogen) atoms. The van der Waals surface area contributed by atoms with Gasteiger partial charge in [0.2, 0.25) is 0 Å². The maximum absolute atomic E-state index is 6.00. The molecule has 0 radical (unpaired) electrons. The third kappa shape index (κ3) is 6.06. The first-order valence-electron chi connectivity index (χ1n) is 7.36. The van der Waals surface area contributed by atoms with E-state index >= 15 is 0 Å². The van der Waals surface area contributed by atoms with Gasteiger partial charge >= 0.3 is 0 Å². The van der Waals surface area contributed by atoms with Gasteiger partial charge in [-0.15, -0.1) is 0 Å². The summed E-state index contributed by atoms with van der Waals surface area (Å²) in [7, 11) is 0. The van der Waals surface area contributed by atoms with E-state index in [0.717, 1.165) is 43.1 Å². The molecule has 0 aliphatic heterocycles. The van der Waals surface area contributed by atoms with Crippen LogP contribution in [0.4, 0.5) is 0 Å². The first-order chi connectivity index (χ1) is 9.02. The molecule has 0 amide bonds. The normalized spacial score (nSPS) is 12.7. The molecule has 0 bridgehead atoms. The van der Waals surface area contributed by atoms with Gasteiger partial charge in [-0.05, 0) is 44.9 Å². The molecule has 0 saturated heterocycles. The minimum atomic E-state index is 0.248. The number of nitrogens with one attached hydrogen (secondary N) is 1. The van der Waals surface area contributed by atoms with E-state index in [-0.39, 0.29) is 6.10 Å². The summed E-state index contributed by atoms with van der Waals surface area (Å²) in [6.45, 7) is 12.5. The summed E-state index contributed by atoms with van der Waals surface area (Å²) in [6.07, 6.45) is 2.46. The lowest BCUT2D eigenvalue weighted by Crippen LogP contribution is -2.21. The van der Waals surface area contributed by atoms with Crippen molar-refractivity contribution in [2.45, 2.75) is 60.1 Å². The summed E-state index contributed by atoms with van der Waals surface area (Å²) in [4.78, 5) is 4.60. The van der Waals surface area contributed by atoms with E-state index in [2.05, 4.69) is 38.0 Å². The molecule has 1 atom stereocenters. The lowest BCUT2D eigenvalue weighted by molar-refractivity contribution is 0.206. The van der Waals surface area contributed by atoms with Crippen LogP contribution >= 0.6 is 0 Å². The Kier molecular flexibility index (Phi) is 6.85. The first kappa shape index (κ1) is 16.0. The van der Waals surface area contributed by atoms with Crippen LogP contribution in [0.5, 0.6) is 5.75 Å². The van der Waals surface area contributed by atoms with Crippen LogP contribution in [0.15, 0.2) is 12.1 Å². The molecule has 1 N–H and O–H groups in total. The maximum Gasteiger partial charge on any atom is 0.142 e. The Morgan fingerprint density at radius 3 is 2.63 bits per heavy atom. The Morgan fingerprint density at radius 1 is 1.26 bits per heavy atom. The van der Waals surface area contributed by atoms with Gasteiger partial charge in [0.25, 0.3) is 0 Å². The van der Waals surface area contributed by atoms with Crippen LogP contribution in [0, 0.1) is 12.8 Å². The highest BCUT2D eigenvalue weighted by Crippen LogP contribution is 2.19. The van der Waals surface area contributed by atoms with Crippen LogP contribution in [-0.2, 0) is 6.54 Å². The zero-order chi connectivity index (χ0) is 14.3. The van der Waals surface area contributed by atoms with Gasteiger partial charge < -0.3 is 10.1 Å². The molecule has 0 aliphatic carbocycles. The van der Waals surface area contributed by atoms with Crippen LogP contribution in [0.25, 0.3) is 0 Å². The highest BCUT2D eigenvalue weighted by molar-refractivity contribution is 5.29. The maximum atomic E-state index is 6.00. The molecule has 1 aromatic heterocycles. The van der Waals surface area contributed by atoms with Crippen LogP contribution in [0.1, 0.15) is 51.9 Å². The van der Waals surface area contributed by atoms with Crippen molar-refractivity contribution in [2.24, 2.45) is 5.92 Å². The molecule has 0 fully saturated rings. The Hall–Kier alpha value is -1.09. The highest BCUT2D eigenvalue weighted by atomic mass is 16.5. The lowest BCUT2D eigenvalue weighted by atomic mass is 10.2. The third-order valence-corrected chi connectivity index (χ3v) is 2.94. The van der Waals surface area contributed by atoms with Crippen molar-refractivity contribution in [3.8, 4) is 5.75 Å². The number of aromatic nitrogens is 1. The Bertz CT molecular complexity index is 377. The molecule has 0 spiro atoms. The molecule has 108 valence electrons. The molecule has 3 nitrogen and oxygen atoms in total. The summed E-state index contributed by atoms with van der Waals surface area (Å²) >= 11 is 0. The smallest absolute Gasteiger partial charge is 0.142 e. The number of pyridine rings is 1. The van der Waals surface area contributed by atoms with Crippen molar-refractivity contribution >= 4 is 0 Å². The number of ether oxygens (including phenoxy) is 1. The predicted octanol–water partition coefficient (Wildman–Crippen LogP) is 3.70. The third-order valence-electron chi connectivity index (χ3n) is 2.94. The second-order valence-corrected chi connectivity index (χ2v) is 5.64. The van der Waals surface area contributed by atoms with Crippen LogP contribution in [-0.4, -0.2) is 17.6 Å². The number of aryl methyl sites for hydroxylation is 1. The van der Waals surface area contributed by atoms with Gasteiger partial charge in [0.1, 0.15) is 5.75 Å². The Labute approximate surface area is 117 Å². The second kappa shape index (κ2) is 8.16. The van der Waals surface area contributed by atoms with Crippen molar-refractivity contribution in [1.82, 2.24) is 10.3 Å². The van der Waals surface area contributed by atoms with Crippen molar-refractivity contribution in [1.29, 1.82) is 0 Å². The number of hydrogen-bond donors (Lipinski definition) is 1. The summed E-state index contributed by atoms with van der Waals surface area (Å²) in [5.74, 6) is 1.57. The van der Waals surface area contributed by atoms with E-state index in [9.17, 15) is 0 Å². The van der Waals surface area contributed by atoms with Gasteiger partial charge in [0.15, 0.2) is 0 Å². The standard InChI is InChI=1S/C16H28N2O/c1-6-7-14(5)19-16-9-8-13(4)18-15(16)11-17-10-12(2)3/h8-9,12,14,17H,6-7,10-11H2,1-5H3. The minimum absolute atomic E-state index is 0.248. The molecule has 1 heterocycles. The number of nitrogens with zero attached hydrogens (tertiary/aromatic N) is 1. The van der Waals surface area contributed by atoms with Gasteiger partial charge in [-0.1, -0.05) is 27.2 Å². The van der Waals surface area contributed by atoms with Crippen LogP contribution in [0.3, 0.4) is 0 Å². The molecular formula is C16H28N2O. The molecule has 0 aromatic carbocycles. The Morgan fingerprint density at radius 2 is 2.00 bits per heavy atom. The van der Waals surface area contributed by atoms with E-state index in [1.54, 1.807) is 0 Å². The molecule has 0 aliphatic rings. The van der Waals surface area contributed by atoms with Gasteiger partial charge in [-0.2, -0.15) is 0 Å². The quantitative estimate of drug-likeness (QED) is 0.777. The van der Waals surface area contributed by atoms with Gasteiger partial charge in [0.05, 0.1) is 11.8 Å². The van der Waals surface area contributed by atoms with Gasteiger partial charge in [0, 0.05) is 12.2 Å². The van der Waals surface area contributed by atoms with Crippen molar-refractivity contribution in [2.75, 3.05) is 6.54 Å². The van der Waals surface area contributed by atoms with Gasteiger partial charge in [-0.25, -0.2) is 0 Å². The molecule has 1 aromatic rings. The molecular weight excluding hydrogens is 236 g/mol. The van der Waals surface area contributed by atoms with E-state index in [1.165, 1.54) is 0 Å². The second-order valence-electron chi connectivity index (χ2n) is 5.64. The van der Waals surface area contributed by atoms with Crippen molar-refractivity contribution in [3.63, 3.8) is 0 Å². The van der Waals surface area contributed by atoms with Crippen LogP contribution < -0.4 is 10.1 Å². The van der Waals surface area contributed by atoms with E-state index in [4.69, 9.17) is 4.74 Å². The average Bonchev–Trinajstić information content (AvgIpc) is 2.32. The van der Waals surface area contributed by atoms with Crippen molar-refractivity contribution in [3.05, 3.63) is 23.5 Å². The minimum Gasteiger partial charge on any atom is -0.489 e. The lowest BCUT2D eigenvalue weighted by Gasteiger charge is -2.17. The fraction of sp³-hybridized carbons (Fsp3) is 0.688. The highest BCUT2D eigenvalue weighted by Gasteiger charge is 2.09. The topological polar surface area (TPSA) is 34.1 Å². The molecule has 1 rings (SSSR count). The molecule has 1 unspecified atom stereocenters. The van der Waals surface area contributed by atoms with E-state index < -0.39 is 0 Å². The van der Waals surface area contributed by atoms with Gasteiger partial charge in [-0.3, -0.25) is 4.98 Å². The van der Waals surface area contributed by atoms with Crippen LogP contribution in [0.2, 0.25) is 0 Å². The largest absolute Gasteiger partial charge is 0.489 e. The predicted molar refractivity (Wildman–Crippen MR) is 80.5 cm³/mol. The summed E-state index contributed by atoms with van der Waals surface area (Å²) in [5.41, 5.74) is 2.06. The summed E-state index contributed by atoms with van der Waals surface area (Å²) < 4.78 is 6.00. The summed E-state index contributed by atoms with van der Waals surface area (Å²) in [5, 5.41) is 3.43. The molecule has 0 saturated carbocycles.